The van der Waals surface area contributed by atoms with E-state index >= 15 is 0 Å². The summed E-state index contributed by atoms with van der Waals surface area (Å²) in [7, 11) is 0. The van der Waals surface area contributed by atoms with Crippen molar-refractivity contribution in [2.24, 2.45) is 0 Å². The molecule has 0 aliphatic rings. The van der Waals surface area contributed by atoms with Crippen LogP contribution in [0.1, 0.15) is 11.4 Å². The molecule has 1 heterocycles. The molecule has 0 unspecified atom stereocenters. The molecule has 2 aromatic rings. The van der Waals surface area contributed by atoms with Gasteiger partial charge in [0, 0.05) is 10.7 Å². The molecule has 1 aromatic carbocycles. The van der Waals surface area contributed by atoms with Crippen molar-refractivity contribution in [1.82, 2.24) is 20.6 Å². The van der Waals surface area contributed by atoms with Crippen LogP contribution < -0.4 is 5.32 Å². The normalized spacial score (nSPS) is 11.2. The van der Waals surface area contributed by atoms with Gasteiger partial charge in [-0.25, -0.2) is 0 Å². The van der Waals surface area contributed by atoms with Crippen LogP contribution in [0, 0.1) is 18.3 Å². The highest BCUT2D eigenvalue weighted by Gasteiger charge is 2.08. The number of benzene rings is 1. The molecule has 1 aromatic heterocycles. The summed E-state index contributed by atoms with van der Waals surface area (Å²) in [5.41, 5.74) is 1.86. The lowest BCUT2D eigenvalue weighted by Gasteiger charge is -2.08. The Morgan fingerprint density at radius 3 is 3.00 bits per heavy atom. The number of hydrogen-bond acceptors (Lipinski definition) is 5. The van der Waals surface area contributed by atoms with Gasteiger partial charge in [0.2, 0.25) is 5.82 Å². The number of aromatic nitrogens is 4. The molecule has 0 radical (unpaired) electrons. The van der Waals surface area contributed by atoms with Gasteiger partial charge in [0.25, 0.3) is 0 Å². The van der Waals surface area contributed by atoms with Crippen LogP contribution in [0.2, 0.25) is 5.02 Å². The molecule has 0 amide bonds. The Morgan fingerprint density at radius 2 is 2.37 bits per heavy atom. The molecule has 19 heavy (non-hydrogen) atoms. The Bertz CT molecular complexity index is 659. The maximum atomic E-state index is 9.02. The fourth-order valence-electron chi connectivity index (χ4n) is 1.35. The fraction of sp³-hybridized carbons (Fsp3) is 0.0909. The highest BCUT2D eigenvalue weighted by atomic mass is 79.9. The van der Waals surface area contributed by atoms with Crippen molar-refractivity contribution in [3.63, 3.8) is 0 Å². The van der Waals surface area contributed by atoms with Crippen molar-refractivity contribution in [3.8, 4) is 6.07 Å². The Morgan fingerprint density at radius 1 is 1.58 bits per heavy atom. The average molecular weight is 340 g/mol. The second-order valence-electron chi connectivity index (χ2n) is 3.58. The highest BCUT2D eigenvalue weighted by Crippen LogP contribution is 2.31. The van der Waals surface area contributed by atoms with E-state index in [1.807, 2.05) is 19.1 Å². The van der Waals surface area contributed by atoms with Crippen LogP contribution in [0.5, 0.6) is 0 Å². The van der Waals surface area contributed by atoms with Gasteiger partial charge in [-0.1, -0.05) is 27.5 Å². The van der Waals surface area contributed by atoms with Crippen LogP contribution in [0.3, 0.4) is 0 Å². The number of nitriles is 1. The number of hydrogen-bond donors (Lipinski definition) is 2. The van der Waals surface area contributed by atoms with Gasteiger partial charge in [0.15, 0.2) is 0 Å². The lowest BCUT2D eigenvalue weighted by molar-refractivity contribution is 0.881. The summed E-state index contributed by atoms with van der Waals surface area (Å²) >= 11 is 9.59. The standard InChI is InChI=1S/C11H8BrClN6/c1-6-8(12)2-3-9(10(6)13)15-5-7(4-14)11-16-18-19-17-11/h2-3,5,15H,1H3,(H,16,17,18,19). The molecule has 0 saturated carbocycles. The van der Waals surface area contributed by atoms with Crippen molar-refractivity contribution in [1.29, 1.82) is 5.26 Å². The number of nitrogens with zero attached hydrogens (tertiary/aromatic N) is 4. The van der Waals surface area contributed by atoms with Crippen LogP contribution in [0.25, 0.3) is 5.57 Å². The number of allylic oxidation sites excluding steroid dienone is 1. The van der Waals surface area contributed by atoms with Crippen LogP contribution >= 0.6 is 27.5 Å². The minimum atomic E-state index is 0.222. The van der Waals surface area contributed by atoms with Gasteiger partial charge in [-0.2, -0.15) is 10.5 Å². The van der Waals surface area contributed by atoms with Gasteiger partial charge >= 0.3 is 0 Å². The minimum Gasteiger partial charge on any atom is -0.359 e. The first-order valence-electron chi connectivity index (χ1n) is 5.18. The summed E-state index contributed by atoms with van der Waals surface area (Å²) in [5.74, 6) is 0.222. The van der Waals surface area contributed by atoms with Crippen LogP contribution in [0.4, 0.5) is 5.69 Å². The predicted octanol–water partition coefficient (Wildman–Crippen LogP) is 2.90. The van der Waals surface area contributed by atoms with E-state index in [-0.39, 0.29) is 11.4 Å². The smallest absolute Gasteiger partial charge is 0.216 e. The van der Waals surface area contributed by atoms with Crippen molar-refractivity contribution < 1.29 is 0 Å². The Balaban J connectivity index is 2.28. The lowest BCUT2D eigenvalue weighted by atomic mass is 10.2. The molecule has 0 atom stereocenters. The van der Waals surface area contributed by atoms with E-state index in [0.717, 1.165) is 10.0 Å². The zero-order chi connectivity index (χ0) is 13.8. The fourth-order valence-corrected chi connectivity index (χ4v) is 2.01. The van der Waals surface area contributed by atoms with Crippen molar-refractivity contribution in [3.05, 3.63) is 39.2 Å². The number of anilines is 1. The molecule has 2 N–H and O–H groups in total. The molecule has 2 rings (SSSR count). The van der Waals surface area contributed by atoms with E-state index < -0.39 is 0 Å². The molecular weight excluding hydrogens is 332 g/mol. The Labute approximate surface area is 122 Å². The largest absolute Gasteiger partial charge is 0.359 e. The van der Waals surface area contributed by atoms with Crippen LogP contribution in [-0.4, -0.2) is 20.6 Å². The molecule has 0 spiro atoms. The second-order valence-corrected chi connectivity index (χ2v) is 4.82. The van der Waals surface area contributed by atoms with E-state index in [1.54, 1.807) is 6.07 Å². The maximum Gasteiger partial charge on any atom is 0.216 e. The van der Waals surface area contributed by atoms with Gasteiger partial charge in [0.1, 0.15) is 11.6 Å². The number of nitrogens with one attached hydrogen (secondary N) is 2. The Kier molecular flexibility index (Phi) is 4.14. The zero-order valence-electron chi connectivity index (χ0n) is 9.78. The summed E-state index contributed by atoms with van der Waals surface area (Å²) in [5, 5.41) is 25.7. The van der Waals surface area contributed by atoms with Crippen molar-refractivity contribution in [2.75, 3.05) is 5.32 Å². The van der Waals surface area contributed by atoms with E-state index in [1.165, 1.54) is 6.20 Å². The lowest BCUT2D eigenvalue weighted by Crippen LogP contribution is -1.95. The summed E-state index contributed by atoms with van der Waals surface area (Å²) in [6.07, 6.45) is 1.49. The third-order valence-electron chi connectivity index (χ3n) is 2.40. The first-order chi connectivity index (χ1) is 9.13. The number of H-pyrrole nitrogens is 1. The second kappa shape index (κ2) is 5.82. The molecule has 0 saturated heterocycles. The molecular formula is C11H8BrClN6. The van der Waals surface area contributed by atoms with E-state index in [9.17, 15) is 0 Å². The average Bonchev–Trinajstić information content (AvgIpc) is 2.93. The maximum absolute atomic E-state index is 9.02. The number of aromatic amines is 1. The summed E-state index contributed by atoms with van der Waals surface area (Å²) in [6.45, 7) is 1.89. The number of halogens is 2. The first-order valence-corrected chi connectivity index (χ1v) is 6.35. The summed E-state index contributed by atoms with van der Waals surface area (Å²) < 4.78 is 0.922. The van der Waals surface area contributed by atoms with E-state index in [2.05, 4.69) is 41.9 Å². The summed E-state index contributed by atoms with van der Waals surface area (Å²) in [6, 6.07) is 5.66. The molecule has 0 aliphatic carbocycles. The summed E-state index contributed by atoms with van der Waals surface area (Å²) in [4.78, 5) is 0. The SMILES string of the molecule is Cc1c(Br)ccc(NC=C(C#N)c2nn[nH]n2)c1Cl. The monoisotopic (exact) mass is 338 g/mol. The van der Waals surface area contributed by atoms with Crippen LogP contribution in [-0.2, 0) is 0 Å². The number of rotatable bonds is 3. The van der Waals surface area contributed by atoms with Crippen molar-refractivity contribution >= 4 is 38.8 Å². The third-order valence-corrected chi connectivity index (χ3v) is 3.75. The molecule has 8 heteroatoms. The van der Waals surface area contributed by atoms with Gasteiger partial charge in [-0.15, -0.1) is 10.2 Å². The van der Waals surface area contributed by atoms with Gasteiger partial charge < -0.3 is 5.32 Å². The zero-order valence-corrected chi connectivity index (χ0v) is 12.1. The predicted molar refractivity (Wildman–Crippen MR) is 75.3 cm³/mol. The van der Waals surface area contributed by atoms with Crippen LogP contribution in [0.15, 0.2) is 22.8 Å². The number of tetrazole rings is 1. The Hall–Kier alpha value is -1.91. The topological polar surface area (TPSA) is 90.3 Å². The van der Waals surface area contributed by atoms with Gasteiger partial charge in [-0.05, 0) is 29.8 Å². The third kappa shape index (κ3) is 2.92. The molecule has 0 aliphatic heterocycles. The molecule has 96 valence electrons. The highest BCUT2D eigenvalue weighted by molar-refractivity contribution is 9.10. The molecule has 0 bridgehead atoms. The van der Waals surface area contributed by atoms with E-state index in [4.69, 9.17) is 16.9 Å². The molecule has 0 fully saturated rings. The van der Waals surface area contributed by atoms with E-state index in [0.29, 0.717) is 10.7 Å². The first kappa shape index (κ1) is 13.5. The van der Waals surface area contributed by atoms with Gasteiger partial charge in [-0.3, -0.25) is 0 Å². The van der Waals surface area contributed by atoms with Gasteiger partial charge in [0.05, 0.1) is 10.7 Å². The minimum absolute atomic E-state index is 0.222. The van der Waals surface area contributed by atoms with Crippen molar-refractivity contribution in [2.45, 2.75) is 6.92 Å². The molecule has 6 nitrogen and oxygen atoms in total. The quantitative estimate of drug-likeness (QED) is 0.839.